The van der Waals surface area contributed by atoms with E-state index in [0.29, 0.717) is 18.5 Å². The van der Waals surface area contributed by atoms with Gasteiger partial charge in [-0.25, -0.2) is 0 Å². The van der Waals surface area contributed by atoms with Crippen molar-refractivity contribution in [3.05, 3.63) is 0 Å². The quantitative estimate of drug-likeness (QED) is 0.815. The largest absolute Gasteiger partial charge is 0.522 e. The van der Waals surface area contributed by atoms with Gasteiger partial charge in [-0.1, -0.05) is 13.8 Å². The first-order chi connectivity index (χ1) is 9.40. The van der Waals surface area contributed by atoms with Gasteiger partial charge in [-0.2, -0.15) is 0 Å². The van der Waals surface area contributed by atoms with Crippen molar-refractivity contribution in [1.29, 1.82) is 0 Å². The molecule has 20 heavy (non-hydrogen) atoms. The van der Waals surface area contributed by atoms with Crippen LogP contribution in [0.3, 0.4) is 0 Å². The van der Waals surface area contributed by atoms with Crippen LogP contribution in [0.2, 0.25) is 0 Å². The van der Waals surface area contributed by atoms with Crippen LogP contribution in [0.15, 0.2) is 0 Å². The molecule has 0 aromatic carbocycles. The van der Waals surface area contributed by atoms with Gasteiger partial charge in [-0.15, -0.1) is 13.2 Å². The number of ether oxygens (including phenoxy) is 1. The molecular weight excluding hydrogens is 269 g/mol. The lowest BCUT2D eigenvalue weighted by atomic mass is 9.86. The number of piperazine rings is 1. The fourth-order valence-corrected chi connectivity index (χ4v) is 3.29. The molecule has 0 aromatic rings. The number of halogens is 3. The van der Waals surface area contributed by atoms with Crippen LogP contribution >= 0.6 is 0 Å². The highest BCUT2D eigenvalue weighted by molar-refractivity contribution is 5.01. The second kappa shape index (κ2) is 6.20. The van der Waals surface area contributed by atoms with Crippen LogP contribution in [-0.4, -0.2) is 49.1 Å². The molecule has 1 heterocycles. The van der Waals surface area contributed by atoms with Crippen molar-refractivity contribution >= 4 is 0 Å². The van der Waals surface area contributed by atoms with E-state index in [1.165, 1.54) is 12.8 Å². The van der Waals surface area contributed by atoms with E-state index < -0.39 is 6.36 Å². The molecule has 6 heteroatoms. The van der Waals surface area contributed by atoms with Crippen LogP contribution in [0.5, 0.6) is 0 Å². The van der Waals surface area contributed by atoms with Crippen molar-refractivity contribution < 1.29 is 17.9 Å². The Bertz CT molecular complexity index is 314. The molecular formula is C14H25F3N2O. The van der Waals surface area contributed by atoms with Gasteiger partial charge >= 0.3 is 6.36 Å². The molecule has 0 spiro atoms. The Morgan fingerprint density at radius 3 is 2.40 bits per heavy atom. The Kier molecular flexibility index (Phi) is 4.97. The summed E-state index contributed by atoms with van der Waals surface area (Å²) in [7, 11) is 0. The van der Waals surface area contributed by atoms with Gasteiger partial charge in [0.15, 0.2) is 0 Å². The van der Waals surface area contributed by atoms with E-state index in [2.05, 4.69) is 28.8 Å². The Balaban J connectivity index is 1.94. The second-order valence-electron chi connectivity index (χ2n) is 6.00. The van der Waals surface area contributed by atoms with E-state index in [-0.39, 0.29) is 12.1 Å². The van der Waals surface area contributed by atoms with E-state index in [1.54, 1.807) is 0 Å². The highest BCUT2D eigenvalue weighted by Gasteiger charge is 2.43. The third-order valence-corrected chi connectivity index (χ3v) is 4.92. The zero-order valence-electron chi connectivity index (χ0n) is 12.3. The Morgan fingerprint density at radius 2 is 1.90 bits per heavy atom. The lowest BCUT2D eigenvalue weighted by molar-refractivity contribution is -0.325. The van der Waals surface area contributed by atoms with Gasteiger partial charge in [0.1, 0.15) is 0 Å². The van der Waals surface area contributed by atoms with Crippen molar-refractivity contribution in [2.24, 2.45) is 5.92 Å². The SMILES string of the molecule is CCC1(CC)CNC(C2CC2)CN1CCOC(F)(F)F. The van der Waals surface area contributed by atoms with Crippen LogP contribution in [0.4, 0.5) is 13.2 Å². The molecule has 1 aliphatic heterocycles. The van der Waals surface area contributed by atoms with Gasteiger partial charge in [0.2, 0.25) is 0 Å². The maximum absolute atomic E-state index is 12.1. The standard InChI is InChI=1S/C14H25F3N2O/c1-3-13(4-2)10-18-12(11-5-6-11)9-19(13)7-8-20-14(15,16)17/h11-12,18H,3-10H2,1-2H3. The maximum Gasteiger partial charge on any atom is 0.522 e. The Morgan fingerprint density at radius 1 is 1.25 bits per heavy atom. The normalized spacial score (nSPS) is 27.8. The third-order valence-electron chi connectivity index (χ3n) is 4.92. The minimum Gasteiger partial charge on any atom is -0.311 e. The summed E-state index contributed by atoms with van der Waals surface area (Å²) in [6, 6.07) is 0.437. The molecule has 1 saturated carbocycles. The predicted molar refractivity (Wildman–Crippen MR) is 71.4 cm³/mol. The van der Waals surface area contributed by atoms with Crippen molar-refractivity contribution in [3.8, 4) is 0 Å². The smallest absolute Gasteiger partial charge is 0.311 e. The van der Waals surface area contributed by atoms with Gasteiger partial charge in [0, 0.05) is 31.2 Å². The van der Waals surface area contributed by atoms with E-state index >= 15 is 0 Å². The molecule has 1 unspecified atom stereocenters. The number of hydrogen-bond donors (Lipinski definition) is 1. The topological polar surface area (TPSA) is 24.5 Å². The lowest BCUT2D eigenvalue weighted by Gasteiger charge is -2.50. The molecule has 0 bridgehead atoms. The van der Waals surface area contributed by atoms with Gasteiger partial charge < -0.3 is 5.32 Å². The lowest BCUT2D eigenvalue weighted by Crippen LogP contribution is -2.65. The van der Waals surface area contributed by atoms with Crippen LogP contribution in [0.25, 0.3) is 0 Å². The summed E-state index contributed by atoms with van der Waals surface area (Å²) in [4.78, 5) is 2.22. The first-order valence-corrected chi connectivity index (χ1v) is 7.59. The maximum atomic E-state index is 12.1. The second-order valence-corrected chi connectivity index (χ2v) is 6.00. The fourth-order valence-electron chi connectivity index (χ4n) is 3.29. The summed E-state index contributed by atoms with van der Waals surface area (Å²) in [5.41, 5.74) is -0.0274. The Hall–Kier alpha value is -0.330. The predicted octanol–water partition coefficient (Wildman–Crippen LogP) is 2.77. The number of nitrogens with one attached hydrogen (secondary N) is 1. The summed E-state index contributed by atoms with van der Waals surface area (Å²) >= 11 is 0. The summed E-state index contributed by atoms with van der Waals surface area (Å²) in [6.45, 7) is 6.01. The summed E-state index contributed by atoms with van der Waals surface area (Å²) in [5, 5.41) is 3.61. The zero-order valence-corrected chi connectivity index (χ0v) is 12.3. The van der Waals surface area contributed by atoms with E-state index in [9.17, 15) is 13.2 Å². The summed E-state index contributed by atoms with van der Waals surface area (Å²) in [5.74, 6) is 0.716. The molecule has 0 amide bonds. The van der Waals surface area contributed by atoms with Crippen molar-refractivity contribution in [2.75, 3.05) is 26.2 Å². The number of hydrogen-bond acceptors (Lipinski definition) is 3. The fraction of sp³-hybridized carbons (Fsp3) is 1.00. The number of nitrogens with zero attached hydrogens (tertiary/aromatic N) is 1. The molecule has 0 radical (unpaired) electrons. The van der Waals surface area contributed by atoms with Gasteiger partial charge in [0.25, 0.3) is 0 Å². The van der Waals surface area contributed by atoms with Gasteiger partial charge in [0.05, 0.1) is 6.61 Å². The minimum absolute atomic E-state index is 0.0274. The van der Waals surface area contributed by atoms with Crippen molar-refractivity contribution in [2.45, 2.75) is 57.5 Å². The van der Waals surface area contributed by atoms with Crippen molar-refractivity contribution in [3.63, 3.8) is 0 Å². The monoisotopic (exact) mass is 294 g/mol. The molecule has 1 N–H and O–H groups in total. The summed E-state index contributed by atoms with van der Waals surface area (Å²) in [6.07, 6.45) is -0.142. The highest BCUT2D eigenvalue weighted by atomic mass is 19.4. The average molecular weight is 294 g/mol. The molecule has 1 aliphatic carbocycles. The van der Waals surface area contributed by atoms with Gasteiger partial charge in [-0.3, -0.25) is 9.64 Å². The third kappa shape index (κ3) is 3.86. The molecule has 118 valence electrons. The van der Waals surface area contributed by atoms with Crippen LogP contribution in [0, 0.1) is 5.92 Å². The van der Waals surface area contributed by atoms with Crippen LogP contribution in [0.1, 0.15) is 39.5 Å². The molecule has 2 rings (SSSR count). The van der Waals surface area contributed by atoms with E-state index in [4.69, 9.17) is 0 Å². The average Bonchev–Trinajstić information content (AvgIpc) is 3.22. The first-order valence-electron chi connectivity index (χ1n) is 7.59. The minimum atomic E-state index is -4.52. The number of rotatable bonds is 6. The number of alkyl halides is 3. The molecule has 3 nitrogen and oxygen atoms in total. The molecule has 0 aromatic heterocycles. The first kappa shape index (κ1) is 16.0. The summed E-state index contributed by atoms with van der Waals surface area (Å²) < 4.78 is 40.3. The molecule has 2 aliphatic rings. The molecule has 2 fully saturated rings. The van der Waals surface area contributed by atoms with Crippen molar-refractivity contribution in [1.82, 2.24) is 10.2 Å². The highest BCUT2D eigenvalue weighted by Crippen LogP contribution is 2.37. The van der Waals surface area contributed by atoms with E-state index in [1.807, 2.05) is 0 Å². The molecule has 1 atom stereocenters. The van der Waals surface area contributed by atoms with Crippen LogP contribution < -0.4 is 5.32 Å². The van der Waals surface area contributed by atoms with Crippen LogP contribution in [-0.2, 0) is 4.74 Å². The Labute approximate surface area is 118 Å². The van der Waals surface area contributed by atoms with Gasteiger partial charge in [-0.05, 0) is 31.6 Å². The zero-order chi connectivity index (χ0) is 14.8. The molecule has 1 saturated heterocycles. The van der Waals surface area contributed by atoms with E-state index in [0.717, 1.165) is 25.9 Å².